The summed E-state index contributed by atoms with van der Waals surface area (Å²) in [5, 5.41) is 20.3. The third-order valence-corrected chi connectivity index (χ3v) is 4.09. The zero-order valence-corrected chi connectivity index (χ0v) is 14.6. The van der Waals surface area contributed by atoms with Crippen LogP contribution in [-0.2, 0) is 18.4 Å². The Kier molecular flexibility index (Phi) is 3.76. The fourth-order valence-corrected chi connectivity index (χ4v) is 2.98. The van der Waals surface area contributed by atoms with Crippen molar-refractivity contribution in [2.24, 2.45) is 7.05 Å². The van der Waals surface area contributed by atoms with Crippen LogP contribution in [0.25, 0.3) is 22.2 Å². The van der Waals surface area contributed by atoms with Crippen LogP contribution < -0.4 is 5.32 Å². The van der Waals surface area contributed by atoms with Crippen molar-refractivity contribution >= 4 is 22.6 Å². The standard InChI is InChI=1S/C17H17N7O2/c1-10-16(11(2)26-22-10)17-12-6-4-5-7-13(12)24(21-17)9-15(25)19-14-8-18-23(3)20-14/h4-8H,9H2,1-3H3,(H,19,20,25). The van der Waals surface area contributed by atoms with Crippen molar-refractivity contribution < 1.29 is 9.32 Å². The molecule has 26 heavy (non-hydrogen) atoms. The highest BCUT2D eigenvalue weighted by atomic mass is 16.5. The van der Waals surface area contributed by atoms with Gasteiger partial charge in [-0.15, -0.1) is 5.10 Å². The highest BCUT2D eigenvalue weighted by Gasteiger charge is 2.20. The predicted molar refractivity (Wildman–Crippen MR) is 94.3 cm³/mol. The average molecular weight is 351 g/mol. The maximum Gasteiger partial charge on any atom is 0.247 e. The van der Waals surface area contributed by atoms with Crippen LogP contribution >= 0.6 is 0 Å². The monoisotopic (exact) mass is 351 g/mol. The summed E-state index contributed by atoms with van der Waals surface area (Å²) in [5.74, 6) is 0.867. The summed E-state index contributed by atoms with van der Waals surface area (Å²) in [6, 6.07) is 7.76. The van der Waals surface area contributed by atoms with Crippen LogP contribution in [0.5, 0.6) is 0 Å². The molecule has 0 bridgehead atoms. The van der Waals surface area contributed by atoms with Gasteiger partial charge in [-0.3, -0.25) is 9.48 Å². The molecule has 0 unspecified atom stereocenters. The highest BCUT2D eigenvalue weighted by Crippen LogP contribution is 2.32. The van der Waals surface area contributed by atoms with Gasteiger partial charge in [0, 0.05) is 12.4 Å². The molecule has 4 rings (SSSR count). The number of aryl methyl sites for hydroxylation is 3. The third kappa shape index (κ3) is 2.73. The second-order valence-electron chi connectivity index (χ2n) is 5.99. The molecule has 0 aliphatic heterocycles. The number of nitrogens with one attached hydrogen (secondary N) is 1. The summed E-state index contributed by atoms with van der Waals surface area (Å²) in [5.41, 5.74) is 3.23. The first-order valence-corrected chi connectivity index (χ1v) is 8.08. The number of rotatable bonds is 4. The van der Waals surface area contributed by atoms with Gasteiger partial charge in [0.15, 0.2) is 5.82 Å². The Morgan fingerprint density at radius 3 is 2.73 bits per heavy atom. The van der Waals surface area contributed by atoms with Crippen molar-refractivity contribution in [2.75, 3.05) is 5.32 Å². The Balaban J connectivity index is 1.71. The molecule has 0 saturated heterocycles. The zero-order valence-electron chi connectivity index (χ0n) is 14.6. The molecule has 0 atom stereocenters. The van der Waals surface area contributed by atoms with Gasteiger partial charge in [0.1, 0.15) is 18.0 Å². The largest absolute Gasteiger partial charge is 0.361 e. The molecule has 4 aromatic rings. The fourth-order valence-electron chi connectivity index (χ4n) is 2.98. The van der Waals surface area contributed by atoms with Gasteiger partial charge in [-0.05, 0) is 19.9 Å². The number of amides is 1. The van der Waals surface area contributed by atoms with E-state index in [1.54, 1.807) is 11.7 Å². The molecule has 0 aliphatic rings. The molecule has 1 amide bonds. The number of para-hydroxylation sites is 1. The molecule has 3 heterocycles. The summed E-state index contributed by atoms with van der Waals surface area (Å²) in [7, 11) is 1.69. The van der Waals surface area contributed by atoms with Crippen LogP contribution in [0, 0.1) is 13.8 Å². The van der Waals surface area contributed by atoms with Crippen molar-refractivity contribution in [1.82, 2.24) is 29.9 Å². The minimum Gasteiger partial charge on any atom is -0.361 e. The van der Waals surface area contributed by atoms with E-state index in [-0.39, 0.29) is 12.5 Å². The van der Waals surface area contributed by atoms with Gasteiger partial charge >= 0.3 is 0 Å². The molecule has 0 radical (unpaired) electrons. The van der Waals surface area contributed by atoms with E-state index >= 15 is 0 Å². The SMILES string of the molecule is Cc1noc(C)c1-c1nn(CC(=O)Nc2cnn(C)n2)c2ccccc12. The molecule has 1 N–H and O–H groups in total. The summed E-state index contributed by atoms with van der Waals surface area (Å²) in [6.45, 7) is 3.78. The first kappa shape index (κ1) is 16.0. The van der Waals surface area contributed by atoms with Gasteiger partial charge in [-0.1, -0.05) is 23.4 Å². The van der Waals surface area contributed by atoms with E-state index in [9.17, 15) is 4.79 Å². The van der Waals surface area contributed by atoms with Crippen LogP contribution in [-0.4, -0.2) is 35.8 Å². The summed E-state index contributed by atoms with van der Waals surface area (Å²) < 4.78 is 6.94. The smallest absolute Gasteiger partial charge is 0.247 e. The van der Waals surface area contributed by atoms with E-state index in [4.69, 9.17) is 4.52 Å². The van der Waals surface area contributed by atoms with Gasteiger partial charge in [0.05, 0.1) is 23.0 Å². The van der Waals surface area contributed by atoms with Crippen molar-refractivity contribution in [3.05, 3.63) is 41.9 Å². The first-order chi connectivity index (χ1) is 12.5. The number of benzene rings is 1. The third-order valence-electron chi connectivity index (χ3n) is 4.09. The number of anilines is 1. The summed E-state index contributed by atoms with van der Waals surface area (Å²) >= 11 is 0. The van der Waals surface area contributed by atoms with E-state index in [0.717, 1.165) is 27.9 Å². The average Bonchev–Trinajstić information content (AvgIpc) is 3.27. The van der Waals surface area contributed by atoms with Gasteiger partial charge in [0.2, 0.25) is 5.91 Å². The Morgan fingerprint density at radius 1 is 1.23 bits per heavy atom. The van der Waals surface area contributed by atoms with Crippen LogP contribution in [0.4, 0.5) is 5.82 Å². The van der Waals surface area contributed by atoms with E-state index in [2.05, 4.69) is 25.8 Å². The number of hydrogen-bond donors (Lipinski definition) is 1. The van der Waals surface area contributed by atoms with Gasteiger partial charge in [-0.2, -0.15) is 15.0 Å². The lowest BCUT2D eigenvalue weighted by atomic mass is 10.1. The van der Waals surface area contributed by atoms with Crippen LogP contribution in [0.3, 0.4) is 0 Å². The zero-order chi connectivity index (χ0) is 18.3. The Morgan fingerprint density at radius 2 is 2.04 bits per heavy atom. The summed E-state index contributed by atoms with van der Waals surface area (Å²) in [6.07, 6.45) is 1.49. The molecule has 1 aromatic carbocycles. The molecule has 9 heteroatoms. The fraction of sp³-hybridized carbons (Fsp3) is 0.235. The lowest BCUT2D eigenvalue weighted by Crippen LogP contribution is -2.19. The lowest BCUT2D eigenvalue weighted by molar-refractivity contribution is -0.116. The Hall–Kier alpha value is -3.49. The number of carbonyl (C=O) groups excluding carboxylic acids is 1. The van der Waals surface area contributed by atoms with Crippen molar-refractivity contribution in [3.63, 3.8) is 0 Å². The minimum absolute atomic E-state index is 0.0560. The van der Waals surface area contributed by atoms with Crippen molar-refractivity contribution in [1.29, 1.82) is 0 Å². The number of carbonyl (C=O) groups is 1. The second-order valence-corrected chi connectivity index (χ2v) is 5.99. The maximum atomic E-state index is 12.4. The number of fused-ring (bicyclic) bond motifs is 1. The normalized spacial score (nSPS) is 11.2. The maximum absolute atomic E-state index is 12.4. The molecular weight excluding hydrogens is 334 g/mol. The van der Waals surface area contributed by atoms with Crippen LogP contribution in [0.1, 0.15) is 11.5 Å². The second kappa shape index (κ2) is 6.10. The van der Waals surface area contributed by atoms with E-state index in [1.165, 1.54) is 11.0 Å². The molecular formula is C17H17N7O2. The van der Waals surface area contributed by atoms with E-state index < -0.39 is 0 Å². The first-order valence-electron chi connectivity index (χ1n) is 8.08. The van der Waals surface area contributed by atoms with Crippen LogP contribution in [0.2, 0.25) is 0 Å². The molecule has 132 valence electrons. The Labute approximate surface area is 148 Å². The van der Waals surface area contributed by atoms with Crippen molar-refractivity contribution in [2.45, 2.75) is 20.4 Å². The van der Waals surface area contributed by atoms with Gasteiger partial charge < -0.3 is 9.84 Å². The molecule has 0 aliphatic carbocycles. The van der Waals surface area contributed by atoms with E-state index in [1.807, 2.05) is 38.1 Å². The Bertz CT molecular complexity index is 1090. The lowest BCUT2D eigenvalue weighted by Gasteiger charge is -2.03. The molecule has 3 aromatic heterocycles. The minimum atomic E-state index is -0.232. The molecule has 0 fully saturated rings. The van der Waals surface area contributed by atoms with Crippen molar-refractivity contribution in [3.8, 4) is 11.3 Å². The van der Waals surface area contributed by atoms with Crippen LogP contribution in [0.15, 0.2) is 35.0 Å². The topological polar surface area (TPSA) is 104 Å². The molecule has 0 saturated carbocycles. The van der Waals surface area contributed by atoms with Gasteiger partial charge in [-0.25, -0.2) is 0 Å². The van der Waals surface area contributed by atoms with Gasteiger partial charge in [0.25, 0.3) is 0 Å². The highest BCUT2D eigenvalue weighted by molar-refractivity contribution is 5.96. The quantitative estimate of drug-likeness (QED) is 0.604. The number of nitrogens with zero attached hydrogens (tertiary/aromatic N) is 6. The van der Waals surface area contributed by atoms with E-state index in [0.29, 0.717) is 11.6 Å². The predicted octanol–water partition coefficient (Wildman–Crippen LogP) is 2.08. The number of aromatic nitrogens is 6. The summed E-state index contributed by atoms with van der Waals surface area (Å²) in [4.78, 5) is 13.8. The molecule has 9 nitrogen and oxygen atoms in total. The molecule has 0 spiro atoms. The number of hydrogen-bond acceptors (Lipinski definition) is 6.